The number of hydrogen-bond donors (Lipinski definition) is 3. The van der Waals surface area contributed by atoms with E-state index in [-0.39, 0.29) is 25.1 Å². The molecule has 0 saturated heterocycles. The maximum atomic E-state index is 8.80. The number of halogens is 1. The molecule has 88 valence electrons. The molecule has 0 amide bonds. The van der Waals surface area contributed by atoms with Crippen LogP contribution in [0.2, 0.25) is 0 Å². The number of aliphatic hydroxyl groups excluding tert-OH is 1. The molecule has 1 atom stereocenters. The summed E-state index contributed by atoms with van der Waals surface area (Å²) in [6.07, 6.45) is 2.86. The van der Waals surface area contributed by atoms with Gasteiger partial charge < -0.3 is 21.0 Å². The summed E-state index contributed by atoms with van der Waals surface area (Å²) in [5.74, 6) is 1.31. The lowest BCUT2D eigenvalue weighted by molar-refractivity contribution is 0.241. The minimum atomic E-state index is -0.0816. The van der Waals surface area contributed by atoms with Crippen molar-refractivity contribution >= 4 is 12.4 Å². The van der Waals surface area contributed by atoms with Crippen LogP contribution in [0.5, 0.6) is 0 Å². The molecule has 1 aromatic heterocycles. The van der Waals surface area contributed by atoms with E-state index in [0.29, 0.717) is 12.3 Å². The van der Waals surface area contributed by atoms with Crippen molar-refractivity contribution in [3.05, 3.63) is 23.7 Å². The highest BCUT2D eigenvalue weighted by Gasteiger charge is 2.09. The van der Waals surface area contributed by atoms with Crippen molar-refractivity contribution in [2.75, 3.05) is 6.54 Å². The van der Waals surface area contributed by atoms with Gasteiger partial charge in [-0.2, -0.15) is 0 Å². The fourth-order valence-electron chi connectivity index (χ4n) is 1.33. The number of furan rings is 1. The van der Waals surface area contributed by atoms with Gasteiger partial charge in [0.1, 0.15) is 18.1 Å². The Morgan fingerprint density at radius 3 is 2.60 bits per heavy atom. The standard InChI is InChI=1S/C10H18N2O2.ClH/c11-6-2-1-3-9(12)10-5-4-8(7-13)14-10;/h4-5,9,13H,1-3,6-7,11-12H2;1H/t9-;/m1./s1. The van der Waals surface area contributed by atoms with Crippen LogP contribution in [0.15, 0.2) is 16.5 Å². The molecule has 1 rings (SSSR count). The van der Waals surface area contributed by atoms with Crippen molar-refractivity contribution in [1.29, 1.82) is 0 Å². The molecule has 0 spiro atoms. The number of aliphatic hydroxyl groups is 1. The lowest BCUT2D eigenvalue weighted by atomic mass is 10.1. The summed E-state index contributed by atoms with van der Waals surface area (Å²) in [7, 11) is 0. The van der Waals surface area contributed by atoms with Crippen LogP contribution >= 0.6 is 12.4 Å². The molecule has 0 aliphatic rings. The summed E-state index contributed by atoms with van der Waals surface area (Å²) in [6.45, 7) is 0.627. The second-order valence-corrected chi connectivity index (χ2v) is 3.35. The van der Waals surface area contributed by atoms with E-state index in [0.717, 1.165) is 25.0 Å². The highest BCUT2D eigenvalue weighted by atomic mass is 35.5. The van der Waals surface area contributed by atoms with E-state index in [2.05, 4.69) is 0 Å². The third-order valence-electron chi connectivity index (χ3n) is 2.17. The van der Waals surface area contributed by atoms with Crippen LogP contribution in [-0.4, -0.2) is 11.7 Å². The lowest BCUT2D eigenvalue weighted by Crippen LogP contribution is -2.10. The minimum absolute atomic E-state index is 0. The van der Waals surface area contributed by atoms with Crippen molar-refractivity contribution in [3.63, 3.8) is 0 Å². The highest BCUT2D eigenvalue weighted by Crippen LogP contribution is 2.19. The molecule has 0 aromatic carbocycles. The second kappa shape index (κ2) is 7.70. The quantitative estimate of drug-likeness (QED) is 0.648. The molecule has 5 N–H and O–H groups in total. The van der Waals surface area contributed by atoms with Gasteiger partial charge in [0.05, 0.1) is 6.04 Å². The molecule has 0 aliphatic carbocycles. The molecule has 0 fully saturated rings. The maximum Gasteiger partial charge on any atom is 0.129 e. The van der Waals surface area contributed by atoms with Gasteiger partial charge in [0, 0.05) is 0 Å². The first kappa shape index (κ1) is 14.5. The predicted octanol–water partition coefficient (Wildman–Crippen LogP) is 1.32. The summed E-state index contributed by atoms with van der Waals surface area (Å²) in [5, 5.41) is 8.80. The van der Waals surface area contributed by atoms with Crippen molar-refractivity contribution in [2.24, 2.45) is 11.5 Å². The van der Waals surface area contributed by atoms with E-state index in [1.54, 1.807) is 6.07 Å². The molecule has 0 aliphatic heterocycles. The van der Waals surface area contributed by atoms with Crippen LogP contribution in [0.1, 0.15) is 36.8 Å². The molecular weight excluding hydrogens is 216 g/mol. The van der Waals surface area contributed by atoms with E-state index >= 15 is 0 Å². The molecule has 0 bridgehead atoms. The zero-order valence-corrected chi connectivity index (χ0v) is 9.50. The number of hydrogen-bond acceptors (Lipinski definition) is 4. The van der Waals surface area contributed by atoms with Gasteiger partial charge in [-0.25, -0.2) is 0 Å². The average Bonchev–Trinajstić information content (AvgIpc) is 2.66. The smallest absolute Gasteiger partial charge is 0.129 e. The third kappa shape index (κ3) is 4.66. The number of nitrogens with two attached hydrogens (primary N) is 2. The van der Waals surface area contributed by atoms with Crippen LogP contribution in [0.4, 0.5) is 0 Å². The van der Waals surface area contributed by atoms with Gasteiger partial charge >= 0.3 is 0 Å². The van der Waals surface area contributed by atoms with Crippen LogP contribution in [0.3, 0.4) is 0 Å². The first-order valence-electron chi connectivity index (χ1n) is 4.93. The Hall–Kier alpha value is -0.550. The summed E-state index contributed by atoms with van der Waals surface area (Å²) < 4.78 is 5.32. The highest BCUT2D eigenvalue weighted by molar-refractivity contribution is 5.85. The van der Waals surface area contributed by atoms with Crippen LogP contribution in [0.25, 0.3) is 0 Å². The lowest BCUT2D eigenvalue weighted by Gasteiger charge is -2.07. The van der Waals surface area contributed by atoms with E-state index in [1.165, 1.54) is 0 Å². The van der Waals surface area contributed by atoms with E-state index in [4.69, 9.17) is 21.0 Å². The predicted molar refractivity (Wildman–Crippen MR) is 61.7 cm³/mol. The number of unbranched alkanes of at least 4 members (excludes halogenated alkanes) is 1. The maximum absolute atomic E-state index is 8.80. The normalized spacial score (nSPS) is 12.2. The van der Waals surface area contributed by atoms with Crippen molar-refractivity contribution in [2.45, 2.75) is 31.9 Å². The Balaban J connectivity index is 0.00000196. The number of rotatable bonds is 6. The Kier molecular flexibility index (Phi) is 7.42. The van der Waals surface area contributed by atoms with Crippen molar-refractivity contribution in [1.82, 2.24) is 0 Å². The zero-order chi connectivity index (χ0) is 10.4. The molecule has 5 heteroatoms. The second-order valence-electron chi connectivity index (χ2n) is 3.35. The molecular formula is C10H19ClN2O2. The molecule has 4 nitrogen and oxygen atoms in total. The fraction of sp³-hybridized carbons (Fsp3) is 0.600. The van der Waals surface area contributed by atoms with Gasteiger partial charge in [0.2, 0.25) is 0 Å². The molecule has 0 radical (unpaired) electrons. The summed E-state index contributed by atoms with van der Waals surface area (Å²) >= 11 is 0. The molecule has 1 heterocycles. The monoisotopic (exact) mass is 234 g/mol. The Bertz CT molecular complexity index is 266. The zero-order valence-electron chi connectivity index (χ0n) is 8.69. The van der Waals surface area contributed by atoms with Crippen molar-refractivity contribution < 1.29 is 9.52 Å². The van der Waals surface area contributed by atoms with E-state index in [1.807, 2.05) is 6.07 Å². The molecule has 0 saturated carbocycles. The SMILES string of the molecule is Cl.NCCCC[C@@H](N)c1ccc(CO)o1. The van der Waals surface area contributed by atoms with E-state index < -0.39 is 0 Å². The fourth-order valence-corrected chi connectivity index (χ4v) is 1.33. The topological polar surface area (TPSA) is 85.4 Å². The van der Waals surface area contributed by atoms with Crippen LogP contribution in [0, 0.1) is 0 Å². The van der Waals surface area contributed by atoms with Gasteiger partial charge in [-0.15, -0.1) is 12.4 Å². The van der Waals surface area contributed by atoms with Crippen molar-refractivity contribution in [3.8, 4) is 0 Å². The van der Waals surface area contributed by atoms with Gasteiger partial charge in [0.15, 0.2) is 0 Å². The summed E-state index contributed by atoms with van der Waals surface area (Å²) in [5.41, 5.74) is 11.3. The Morgan fingerprint density at radius 2 is 2.07 bits per heavy atom. The Labute approximate surface area is 96.0 Å². The largest absolute Gasteiger partial charge is 0.462 e. The van der Waals surface area contributed by atoms with E-state index in [9.17, 15) is 0 Å². The minimum Gasteiger partial charge on any atom is -0.462 e. The summed E-state index contributed by atoms with van der Waals surface area (Å²) in [6, 6.07) is 3.48. The molecule has 1 aromatic rings. The van der Waals surface area contributed by atoms with Gasteiger partial charge in [-0.3, -0.25) is 0 Å². The molecule has 15 heavy (non-hydrogen) atoms. The van der Waals surface area contributed by atoms with Crippen LogP contribution < -0.4 is 11.5 Å². The van der Waals surface area contributed by atoms with Gasteiger partial charge in [-0.05, 0) is 31.5 Å². The first-order chi connectivity index (χ1) is 6.77. The van der Waals surface area contributed by atoms with Crippen LogP contribution in [-0.2, 0) is 6.61 Å². The summed E-state index contributed by atoms with van der Waals surface area (Å²) in [4.78, 5) is 0. The van der Waals surface area contributed by atoms with Gasteiger partial charge in [-0.1, -0.05) is 6.42 Å². The third-order valence-corrected chi connectivity index (χ3v) is 2.17. The first-order valence-corrected chi connectivity index (χ1v) is 4.93. The average molecular weight is 235 g/mol. The van der Waals surface area contributed by atoms with Gasteiger partial charge in [0.25, 0.3) is 0 Å². The Morgan fingerprint density at radius 1 is 1.33 bits per heavy atom. The molecule has 0 unspecified atom stereocenters.